The molecule has 1 aliphatic rings. The lowest BCUT2D eigenvalue weighted by Crippen LogP contribution is -2.14. The number of hydrogen-bond donors (Lipinski definition) is 1. The molecule has 0 bridgehead atoms. The van der Waals surface area contributed by atoms with Crippen LogP contribution in [0.25, 0.3) is 0 Å². The van der Waals surface area contributed by atoms with Crippen LogP contribution in [0.4, 0.5) is 5.69 Å². The van der Waals surface area contributed by atoms with Gasteiger partial charge in [0.1, 0.15) is 4.34 Å². The molecule has 3 rings (SSSR count). The molecule has 1 aromatic carbocycles. The van der Waals surface area contributed by atoms with E-state index in [1.807, 2.05) is 11.8 Å². The van der Waals surface area contributed by atoms with Crippen molar-refractivity contribution in [1.82, 2.24) is 4.98 Å². The Labute approximate surface area is 116 Å². The maximum atomic E-state index is 4.54. The van der Waals surface area contributed by atoms with E-state index in [2.05, 4.69) is 46.9 Å². The van der Waals surface area contributed by atoms with E-state index in [-0.39, 0.29) is 0 Å². The Kier molecular flexibility index (Phi) is 3.57. The van der Waals surface area contributed by atoms with Gasteiger partial charge in [-0.05, 0) is 31.4 Å². The second kappa shape index (κ2) is 5.33. The van der Waals surface area contributed by atoms with E-state index in [1.165, 1.54) is 22.0 Å². The van der Waals surface area contributed by atoms with Crippen LogP contribution in [0.5, 0.6) is 0 Å². The summed E-state index contributed by atoms with van der Waals surface area (Å²) in [6, 6.07) is 8.63. The van der Waals surface area contributed by atoms with Crippen molar-refractivity contribution in [2.45, 2.75) is 29.4 Å². The second-order valence-electron chi connectivity index (χ2n) is 4.57. The van der Waals surface area contributed by atoms with Crippen molar-refractivity contribution in [3.63, 3.8) is 0 Å². The fourth-order valence-electron chi connectivity index (χ4n) is 2.18. The van der Waals surface area contributed by atoms with Crippen molar-refractivity contribution in [3.8, 4) is 0 Å². The molecule has 1 unspecified atom stereocenters. The van der Waals surface area contributed by atoms with E-state index >= 15 is 0 Å². The molecule has 94 valence electrons. The molecule has 0 aliphatic carbocycles. The molecule has 1 atom stereocenters. The standard InChI is InChI=1S/C14H16N2S2/c1-10-9-17-14(16-10)18-12-7-6-11-4-2-3-5-13(11)15-8-12/h2-5,9,12,15H,6-8H2,1H3. The lowest BCUT2D eigenvalue weighted by atomic mass is 10.1. The summed E-state index contributed by atoms with van der Waals surface area (Å²) in [5, 5.41) is 6.30. The highest BCUT2D eigenvalue weighted by Gasteiger charge is 2.17. The first-order valence-electron chi connectivity index (χ1n) is 6.22. The Morgan fingerprint density at radius 1 is 1.39 bits per heavy atom. The second-order valence-corrected chi connectivity index (χ2v) is 6.98. The van der Waals surface area contributed by atoms with Crippen LogP contribution in [-0.4, -0.2) is 16.8 Å². The van der Waals surface area contributed by atoms with Crippen molar-refractivity contribution in [2.24, 2.45) is 0 Å². The number of para-hydroxylation sites is 1. The normalized spacial score (nSPS) is 18.8. The van der Waals surface area contributed by atoms with E-state index in [9.17, 15) is 0 Å². The molecule has 2 heterocycles. The lowest BCUT2D eigenvalue weighted by Gasteiger charge is -2.12. The van der Waals surface area contributed by atoms with Gasteiger partial charge in [-0.15, -0.1) is 11.3 Å². The maximum absolute atomic E-state index is 4.54. The fourth-order valence-corrected chi connectivity index (χ4v) is 4.36. The van der Waals surface area contributed by atoms with Gasteiger partial charge in [0.2, 0.25) is 0 Å². The molecular formula is C14H16N2S2. The third kappa shape index (κ3) is 2.70. The average Bonchev–Trinajstić information content (AvgIpc) is 2.68. The largest absolute Gasteiger partial charge is 0.384 e. The van der Waals surface area contributed by atoms with E-state index in [4.69, 9.17) is 0 Å². The van der Waals surface area contributed by atoms with E-state index in [1.54, 1.807) is 11.3 Å². The lowest BCUT2D eigenvalue weighted by molar-refractivity contribution is 0.802. The molecule has 1 aliphatic heterocycles. The van der Waals surface area contributed by atoms with Gasteiger partial charge in [0.05, 0.1) is 0 Å². The predicted octanol–water partition coefficient (Wildman–Crippen LogP) is 3.97. The van der Waals surface area contributed by atoms with Crippen LogP contribution in [0.1, 0.15) is 17.7 Å². The summed E-state index contributed by atoms with van der Waals surface area (Å²) < 4.78 is 1.20. The van der Waals surface area contributed by atoms with Crippen LogP contribution in [0.2, 0.25) is 0 Å². The summed E-state index contributed by atoms with van der Waals surface area (Å²) in [4.78, 5) is 4.54. The van der Waals surface area contributed by atoms with Crippen molar-refractivity contribution in [3.05, 3.63) is 40.9 Å². The van der Waals surface area contributed by atoms with Crippen molar-refractivity contribution in [2.75, 3.05) is 11.9 Å². The minimum Gasteiger partial charge on any atom is -0.384 e. The van der Waals surface area contributed by atoms with Crippen LogP contribution < -0.4 is 5.32 Å². The Balaban J connectivity index is 1.68. The third-order valence-corrected chi connectivity index (χ3v) is 5.50. The molecule has 0 fully saturated rings. The number of aromatic nitrogens is 1. The minimum atomic E-state index is 0.614. The fraction of sp³-hybridized carbons (Fsp3) is 0.357. The van der Waals surface area contributed by atoms with Gasteiger partial charge in [-0.25, -0.2) is 4.98 Å². The van der Waals surface area contributed by atoms with Crippen molar-refractivity contribution >= 4 is 28.8 Å². The maximum Gasteiger partial charge on any atom is 0.150 e. The van der Waals surface area contributed by atoms with Gasteiger partial charge in [0, 0.05) is 28.6 Å². The number of rotatable bonds is 2. The number of nitrogens with one attached hydrogen (secondary N) is 1. The van der Waals surface area contributed by atoms with Gasteiger partial charge in [0.15, 0.2) is 0 Å². The first kappa shape index (κ1) is 12.1. The van der Waals surface area contributed by atoms with Crippen LogP contribution in [0.15, 0.2) is 34.0 Å². The highest BCUT2D eigenvalue weighted by Crippen LogP contribution is 2.32. The van der Waals surface area contributed by atoms with Gasteiger partial charge >= 0.3 is 0 Å². The zero-order valence-electron chi connectivity index (χ0n) is 10.3. The summed E-state index contributed by atoms with van der Waals surface area (Å²) >= 11 is 3.67. The number of hydrogen-bond acceptors (Lipinski definition) is 4. The van der Waals surface area contributed by atoms with Gasteiger partial charge < -0.3 is 5.32 Å². The highest BCUT2D eigenvalue weighted by atomic mass is 32.2. The smallest absolute Gasteiger partial charge is 0.150 e. The number of aryl methyl sites for hydroxylation is 2. The predicted molar refractivity (Wildman–Crippen MR) is 79.7 cm³/mol. The summed E-state index contributed by atoms with van der Waals surface area (Å²) in [5.41, 5.74) is 3.87. The Bertz CT molecular complexity index is 509. The zero-order valence-corrected chi connectivity index (χ0v) is 12.0. The van der Waals surface area contributed by atoms with Crippen molar-refractivity contribution in [1.29, 1.82) is 0 Å². The molecule has 4 heteroatoms. The Morgan fingerprint density at radius 2 is 2.28 bits per heavy atom. The number of thiazole rings is 1. The number of benzene rings is 1. The van der Waals surface area contributed by atoms with Gasteiger partial charge in [0.25, 0.3) is 0 Å². The molecule has 0 radical (unpaired) electrons. The molecule has 0 saturated carbocycles. The minimum absolute atomic E-state index is 0.614. The van der Waals surface area contributed by atoms with Crippen LogP contribution in [0.3, 0.4) is 0 Å². The third-order valence-electron chi connectivity index (χ3n) is 3.14. The SMILES string of the molecule is Cc1csc(SC2CCc3ccccc3NC2)n1. The molecule has 2 aromatic rings. The highest BCUT2D eigenvalue weighted by molar-refractivity contribution is 8.01. The van der Waals surface area contributed by atoms with Gasteiger partial charge in [-0.1, -0.05) is 30.0 Å². The van der Waals surface area contributed by atoms with Crippen LogP contribution in [0, 0.1) is 6.92 Å². The monoisotopic (exact) mass is 276 g/mol. The summed E-state index contributed by atoms with van der Waals surface area (Å²) in [7, 11) is 0. The molecule has 2 nitrogen and oxygen atoms in total. The summed E-state index contributed by atoms with van der Waals surface area (Å²) in [6.07, 6.45) is 2.37. The zero-order chi connectivity index (χ0) is 12.4. The number of anilines is 1. The Morgan fingerprint density at radius 3 is 3.11 bits per heavy atom. The van der Waals surface area contributed by atoms with Crippen LogP contribution in [-0.2, 0) is 6.42 Å². The van der Waals surface area contributed by atoms with Crippen molar-refractivity contribution < 1.29 is 0 Å². The number of fused-ring (bicyclic) bond motifs is 1. The topological polar surface area (TPSA) is 24.9 Å². The van der Waals surface area contributed by atoms with Gasteiger partial charge in [-0.2, -0.15) is 0 Å². The number of nitrogens with zero attached hydrogens (tertiary/aromatic N) is 1. The van der Waals surface area contributed by atoms with Crippen LogP contribution >= 0.6 is 23.1 Å². The molecule has 1 N–H and O–H groups in total. The average molecular weight is 276 g/mol. The van der Waals surface area contributed by atoms with E-state index < -0.39 is 0 Å². The molecule has 0 amide bonds. The summed E-state index contributed by atoms with van der Waals surface area (Å²) in [6.45, 7) is 3.09. The quantitative estimate of drug-likeness (QED) is 0.898. The summed E-state index contributed by atoms with van der Waals surface area (Å²) in [5.74, 6) is 0. The first-order chi connectivity index (χ1) is 8.81. The first-order valence-corrected chi connectivity index (χ1v) is 7.98. The molecule has 1 aromatic heterocycles. The molecule has 0 spiro atoms. The molecule has 18 heavy (non-hydrogen) atoms. The van der Waals surface area contributed by atoms with E-state index in [0.29, 0.717) is 5.25 Å². The van der Waals surface area contributed by atoms with Gasteiger partial charge in [-0.3, -0.25) is 0 Å². The molecule has 0 saturated heterocycles. The van der Waals surface area contributed by atoms with E-state index in [0.717, 1.165) is 18.7 Å². The molecular weight excluding hydrogens is 260 g/mol. The number of thioether (sulfide) groups is 1. The Hall–Kier alpha value is -1.00.